The first-order valence-corrected chi connectivity index (χ1v) is 9.10. The average molecular weight is 393 g/mol. The molecule has 0 aliphatic heterocycles. The fourth-order valence-electron chi connectivity index (χ4n) is 2.99. The van der Waals surface area contributed by atoms with Gasteiger partial charge in [-0.3, -0.25) is 9.59 Å². The third-order valence-corrected chi connectivity index (χ3v) is 4.63. The van der Waals surface area contributed by atoms with Crippen LogP contribution in [0.4, 0.5) is 0 Å². The Kier molecular flexibility index (Phi) is 6.34. The third kappa shape index (κ3) is 4.85. The molecule has 0 fully saturated rings. The van der Waals surface area contributed by atoms with E-state index in [-0.39, 0.29) is 12.5 Å². The van der Waals surface area contributed by atoms with E-state index >= 15 is 0 Å². The van der Waals surface area contributed by atoms with Crippen LogP contribution < -0.4 is 14.2 Å². The van der Waals surface area contributed by atoms with Gasteiger partial charge in [-0.2, -0.15) is 0 Å². The zero-order chi connectivity index (χ0) is 20.8. The summed E-state index contributed by atoms with van der Waals surface area (Å²) >= 11 is 0. The number of fused-ring (bicyclic) bond motifs is 1. The molecule has 0 aromatic heterocycles. The van der Waals surface area contributed by atoms with Gasteiger partial charge >= 0.3 is 0 Å². The lowest BCUT2D eigenvalue weighted by Crippen LogP contribution is -2.31. The van der Waals surface area contributed by atoms with Gasteiger partial charge in [-0.15, -0.1) is 0 Å². The Morgan fingerprint density at radius 1 is 0.931 bits per heavy atom. The summed E-state index contributed by atoms with van der Waals surface area (Å²) in [6.45, 7) is 0.337. The molecule has 0 bridgehead atoms. The topological polar surface area (TPSA) is 65.1 Å². The van der Waals surface area contributed by atoms with Crippen LogP contribution in [0.5, 0.6) is 17.2 Å². The summed E-state index contributed by atoms with van der Waals surface area (Å²) in [5.41, 5.74) is 1.50. The predicted molar refractivity (Wildman–Crippen MR) is 111 cm³/mol. The molecule has 29 heavy (non-hydrogen) atoms. The number of ether oxygens (including phenoxy) is 3. The summed E-state index contributed by atoms with van der Waals surface area (Å²) < 4.78 is 16.1. The first-order chi connectivity index (χ1) is 14.0. The van der Waals surface area contributed by atoms with Crippen LogP contribution in [0.2, 0.25) is 0 Å². The number of carbonyl (C=O) groups excluding carboxylic acids is 2. The Labute approximate surface area is 169 Å². The van der Waals surface area contributed by atoms with Crippen LogP contribution in [-0.4, -0.2) is 45.0 Å². The molecule has 0 aliphatic carbocycles. The summed E-state index contributed by atoms with van der Waals surface area (Å²) in [6, 6.07) is 16.8. The average Bonchev–Trinajstić information content (AvgIpc) is 2.76. The molecular weight excluding hydrogens is 370 g/mol. The molecule has 6 nitrogen and oxygen atoms in total. The Morgan fingerprint density at radius 3 is 2.41 bits per heavy atom. The van der Waals surface area contributed by atoms with Gasteiger partial charge in [-0.25, -0.2) is 0 Å². The van der Waals surface area contributed by atoms with Gasteiger partial charge in [0.25, 0.3) is 5.91 Å². The lowest BCUT2D eigenvalue weighted by molar-refractivity contribution is -0.132. The smallest absolute Gasteiger partial charge is 0.260 e. The Morgan fingerprint density at radius 2 is 1.69 bits per heavy atom. The van der Waals surface area contributed by atoms with Gasteiger partial charge in [-0.05, 0) is 52.7 Å². The van der Waals surface area contributed by atoms with Crippen molar-refractivity contribution in [1.29, 1.82) is 0 Å². The summed E-state index contributed by atoms with van der Waals surface area (Å²) in [5.74, 6) is 1.47. The maximum Gasteiger partial charge on any atom is 0.260 e. The van der Waals surface area contributed by atoms with Gasteiger partial charge in [0.15, 0.2) is 18.1 Å². The minimum absolute atomic E-state index is 0.127. The van der Waals surface area contributed by atoms with Crippen molar-refractivity contribution in [3.63, 3.8) is 0 Å². The molecule has 0 radical (unpaired) electrons. The Balaban J connectivity index is 1.63. The monoisotopic (exact) mass is 393 g/mol. The largest absolute Gasteiger partial charge is 0.497 e. The maximum atomic E-state index is 12.5. The summed E-state index contributed by atoms with van der Waals surface area (Å²) in [7, 11) is 4.86. The number of rotatable bonds is 8. The van der Waals surface area contributed by atoms with Gasteiger partial charge in [0, 0.05) is 19.2 Å². The van der Waals surface area contributed by atoms with Crippen molar-refractivity contribution in [1.82, 2.24) is 4.90 Å². The number of likely N-dealkylation sites (N-methyl/N-ethyl adjacent to an activating group) is 1. The highest BCUT2D eigenvalue weighted by Gasteiger charge is 2.13. The summed E-state index contributed by atoms with van der Waals surface area (Å²) in [4.78, 5) is 25.0. The lowest BCUT2D eigenvalue weighted by atomic mass is 10.1. The number of aldehydes is 1. The number of hydrogen-bond donors (Lipinski definition) is 0. The van der Waals surface area contributed by atoms with E-state index in [9.17, 15) is 9.59 Å². The van der Waals surface area contributed by atoms with Crippen molar-refractivity contribution in [2.75, 3.05) is 27.9 Å². The highest BCUT2D eigenvalue weighted by Crippen LogP contribution is 2.27. The van der Waals surface area contributed by atoms with Gasteiger partial charge < -0.3 is 19.1 Å². The molecule has 0 unspecified atom stereocenters. The summed E-state index contributed by atoms with van der Waals surface area (Å²) in [5, 5.41) is 2.16. The van der Waals surface area contributed by atoms with E-state index < -0.39 is 0 Å². The van der Waals surface area contributed by atoms with Crippen molar-refractivity contribution < 1.29 is 23.8 Å². The fourth-order valence-corrected chi connectivity index (χ4v) is 2.99. The first kappa shape index (κ1) is 20.2. The van der Waals surface area contributed by atoms with E-state index in [1.807, 2.05) is 30.3 Å². The van der Waals surface area contributed by atoms with E-state index in [1.54, 1.807) is 37.3 Å². The number of nitrogens with zero attached hydrogens (tertiary/aromatic N) is 1. The van der Waals surface area contributed by atoms with Crippen molar-refractivity contribution in [3.05, 3.63) is 65.7 Å². The highest BCUT2D eigenvalue weighted by atomic mass is 16.5. The Hall–Kier alpha value is -3.54. The van der Waals surface area contributed by atoms with E-state index in [0.29, 0.717) is 23.6 Å². The number of hydrogen-bond acceptors (Lipinski definition) is 5. The van der Waals surface area contributed by atoms with Crippen LogP contribution in [0.3, 0.4) is 0 Å². The minimum Gasteiger partial charge on any atom is -0.497 e. The minimum atomic E-state index is -0.165. The van der Waals surface area contributed by atoms with E-state index in [0.717, 1.165) is 28.4 Å². The number of amides is 1. The molecule has 3 aromatic rings. The van der Waals surface area contributed by atoms with Crippen molar-refractivity contribution in [3.8, 4) is 17.2 Å². The summed E-state index contributed by atoms with van der Waals surface area (Å²) in [6.07, 6.45) is 0.727. The molecule has 0 aliphatic rings. The van der Waals surface area contributed by atoms with Gasteiger partial charge in [0.05, 0.1) is 14.2 Å². The fraction of sp³-hybridized carbons (Fsp3) is 0.217. The zero-order valence-corrected chi connectivity index (χ0v) is 16.7. The second-order valence-electron chi connectivity index (χ2n) is 6.61. The lowest BCUT2D eigenvalue weighted by Gasteiger charge is -2.18. The molecule has 0 spiro atoms. The second-order valence-corrected chi connectivity index (χ2v) is 6.61. The van der Waals surface area contributed by atoms with E-state index in [4.69, 9.17) is 14.2 Å². The van der Waals surface area contributed by atoms with Crippen LogP contribution in [0.25, 0.3) is 10.8 Å². The zero-order valence-electron chi connectivity index (χ0n) is 16.7. The van der Waals surface area contributed by atoms with Gasteiger partial charge in [0.1, 0.15) is 12.0 Å². The molecule has 0 saturated heterocycles. The van der Waals surface area contributed by atoms with Crippen LogP contribution in [-0.2, 0) is 11.3 Å². The molecule has 0 saturated carbocycles. The Bertz CT molecular complexity index is 1030. The molecule has 3 aromatic carbocycles. The molecule has 3 rings (SSSR count). The molecular formula is C23H23NO5. The maximum absolute atomic E-state index is 12.5. The molecule has 0 atom stereocenters. The molecule has 6 heteroatoms. The molecule has 0 heterocycles. The van der Waals surface area contributed by atoms with E-state index in [1.165, 1.54) is 7.11 Å². The number of methoxy groups -OCH3 is 2. The predicted octanol–water partition coefficient (Wildman–Crippen LogP) is 3.71. The number of carbonyl (C=O) groups is 2. The number of benzene rings is 3. The van der Waals surface area contributed by atoms with Gasteiger partial charge in [0.2, 0.25) is 0 Å². The van der Waals surface area contributed by atoms with Crippen molar-refractivity contribution >= 4 is 23.0 Å². The van der Waals surface area contributed by atoms with E-state index in [2.05, 4.69) is 6.07 Å². The molecule has 1 amide bonds. The van der Waals surface area contributed by atoms with Crippen LogP contribution in [0, 0.1) is 0 Å². The van der Waals surface area contributed by atoms with Crippen LogP contribution in [0.15, 0.2) is 54.6 Å². The SMILES string of the molecule is COc1ccc2cc(CN(C)C(=O)COc3ccc(C=O)cc3OC)ccc2c1. The van der Waals surface area contributed by atoms with Crippen molar-refractivity contribution in [2.24, 2.45) is 0 Å². The van der Waals surface area contributed by atoms with Crippen LogP contribution in [0.1, 0.15) is 15.9 Å². The quantitative estimate of drug-likeness (QED) is 0.546. The first-order valence-electron chi connectivity index (χ1n) is 9.10. The van der Waals surface area contributed by atoms with Crippen molar-refractivity contribution in [2.45, 2.75) is 6.54 Å². The third-order valence-electron chi connectivity index (χ3n) is 4.63. The molecule has 0 N–H and O–H groups in total. The normalized spacial score (nSPS) is 10.4. The highest BCUT2D eigenvalue weighted by molar-refractivity contribution is 5.85. The molecule has 150 valence electrons. The second kappa shape index (κ2) is 9.10. The van der Waals surface area contributed by atoms with Crippen LogP contribution >= 0.6 is 0 Å². The standard InChI is InChI=1S/C23H23NO5/c1-24(13-16-4-6-19-12-20(27-2)8-7-18(19)10-16)23(26)15-29-21-9-5-17(14-25)11-22(21)28-3/h4-12,14H,13,15H2,1-3H3. The van der Waals surface area contributed by atoms with Gasteiger partial charge in [-0.1, -0.05) is 18.2 Å².